The Morgan fingerprint density at radius 1 is 1.29 bits per heavy atom. The van der Waals surface area contributed by atoms with Gasteiger partial charge < -0.3 is 4.74 Å². The molecule has 112 valence electrons. The van der Waals surface area contributed by atoms with Crippen molar-refractivity contribution in [1.82, 2.24) is 4.98 Å². The quantitative estimate of drug-likeness (QED) is 0.758. The molecule has 0 spiro atoms. The van der Waals surface area contributed by atoms with Crippen molar-refractivity contribution < 1.29 is 9.53 Å². The molecule has 21 heavy (non-hydrogen) atoms. The Kier molecular flexibility index (Phi) is 5.12. The number of carbonyl (C=O) groups is 1. The average Bonchev–Trinajstić information content (AvgIpc) is 2.96. The summed E-state index contributed by atoms with van der Waals surface area (Å²) in [6, 6.07) is 10.4. The molecule has 0 fully saturated rings. The Hall–Kier alpha value is -1.68. The third-order valence-corrected chi connectivity index (χ3v) is 4.69. The van der Waals surface area contributed by atoms with Crippen LogP contribution in [-0.4, -0.2) is 17.6 Å². The maximum atomic E-state index is 11.4. The minimum atomic E-state index is -0.158. The van der Waals surface area contributed by atoms with Gasteiger partial charge in [-0.1, -0.05) is 30.3 Å². The van der Waals surface area contributed by atoms with E-state index in [9.17, 15) is 4.79 Å². The van der Waals surface area contributed by atoms with Crippen LogP contribution in [0.15, 0.2) is 35.7 Å². The Labute approximate surface area is 130 Å². The number of esters is 1. The maximum Gasteiger partial charge on any atom is 0.306 e. The van der Waals surface area contributed by atoms with E-state index in [2.05, 4.69) is 26.0 Å². The number of thiazole rings is 1. The number of ether oxygens (including phenoxy) is 1. The maximum absolute atomic E-state index is 11.4. The minimum Gasteiger partial charge on any atom is -0.466 e. The zero-order chi connectivity index (χ0) is 15.3. The van der Waals surface area contributed by atoms with E-state index in [1.54, 1.807) is 11.3 Å². The first-order valence-electron chi connectivity index (χ1n) is 7.20. The highest BCUT2D eigenvalue weighted by Crippen LogP contribution is 2.33. The van der Waals surface area contributed by atoms with Crippen LogP contribution in [0.25, 0.3) is 0 Å². The summed E-state index contributed by atoms with van der Waals surface area (Å²) in [5.74, 6) is -0.158. The number of carbonyl (C=O) groups excluding carboxylic acids is 1. The van der Waals surface area contributed by atoms with E-state index in [1.807, 2.05) is 30.5 Å². The van der Waals surface area contributed by atoms with E-state index in [1.165, 1.54) is 5.56 Å². The van der Waals surface area contributed by atoms with Crippen molar-refractivity contribution in [1.29, 1.82) is 0 Å². The number of hydrogen-bond acceptors (Lipinski definition) is 4. The minimum absolute atomic E-state index is 0.117. The lowest BCUT2D eigenvalue weighted by molar-refractivity contribution is -0.143. The number of aryl methyl sites for hydroxylation is 1. The lowest BCUT2D eigenvalue weighted by Crippen LogP contribution is -2.18. The molecule has 0 radical (unpaired) electrons. The molecule has 0 bridgehead atoms. The third kappa shape index (κ3) is 3.91. The molecule has 0 atom stereocenters. The first kappa shape index (κ1) is 15.7. The largest absolute Gasteiger partial charge is 0.466 e. The highest BCUT2D eigenvalue weighted by Gasteiger charge is 2.26. The smallest absolute Gasteiger partial charge is 0.306 e. The summed E-state index contributed by atoms with van der Waals surface area (Å²) in [4.78, 5) is 16.1. The number of benzene rings is 1. The molecule has 1 aromatic heterocycles. The summed E-state index contributed by atoms with van der Waals surface area (Å²) in [5.41, 5.74) is 2.09. The molecule has 0 amide bonds. The number of hydrogen-bond donors (Lipinski definition) is 0. The van der Waals surface area contributed by atoms with Gasteiger partial charge in [-0.15, -0.1) is 11.3 Å². The average molecular weight is 303 g/mol. The summed E-state index contributed by atoms with van der Waals surface area (Å²) in [7, 11) is 0. The summed E-state index contributed by atoms with van der Waals surface area (Å²) < 4.78 is 4.94. The van der Waals surface area contributed by atoms with E-state index in [0.29, 0.717) is 19.4 Å². The van der Waals surface area contributed by atoms with Crippen molar-refractivity contribution in [2.24, 2.45) is 0 Å². The van der Waals surface area contributed by atoms with Crippen molar-refractivity contribution in [3.05, 3.63) is 52.0 Å². The molecular weight excluding hydrogens is 282 g/mol. The normalized spacial score (nSPS) is 11.4. The van der Waals surface area contributed by atoms with Gasteiger partial charge in [0.25, 0.3) is 0 Å². The van der Waals surface area contributed by atoms with E-state index in [-0.39, 0.29) is 11.4 Å². The van der Waals surface area contributed by atoms with Gasteiger partial charge in [-0.2, -0.15) is 0 Å². The lowest BCUT2D eigenvalue weighted by atomic mass is 9.85. The van der Waals surface area contributed by atoms with Crippen LogP contribution in [0.4, 0.5) is 0 Å². The second-order valence-corrected chi connectivity index (χ2v) is 6.30. The van der Waals surface area contributed by atoms with Crippen LogP contribution in [0.3, 0.4) is 0 Å². The van der Waals surface area contributed by atoms with E-state index >= 15 is 0 Å². The molecule has 0 aliphatic carbocycles. The van der Waals surface area contributed by atoms with Gasteiger partial charge in [-0.05, 0) is 26.3 Å². The zero-order valence-electron chi connectivity index (χ0n) is 12.8. The van der Waals surface area contributed by atoms with Crippen LogP contribution in [0.2, 0.25) is 0 Å². The SMILES string of the molecule is CCOC(=O)CCc1csc(C(C)(C)c2ccccc2)n1. The van der Waals surface area contributed by atoms with Crippen LogP contribution < -0.4 is 0 Å². The molecule has 0 saturated heterocycles. The standard InChI is InChI=1S/C17H21NO2S/c1-4-20-15(19)11-10-14-12-21-16(18-14)17(2,3)13-8-6-5-7-9-13/h5-9,12H,4,10-11H2,1-3H3. The van der Waals surface area contributed by atoms with Crippen molar-refractivity contribution in [2.45, 2.75) is 39.0 Å². The van der Waals surface area contributed by atoms with Gasteiger partial charge in [0.2, 0.25) is 0 Å². The van der Waals surface area contributed by atoms with E-state index in [0.717, 1.165) is 10.7 Å². The molecule has 1 heterocycles. The molecule has 3 nitrogen and oxygen atoms in total. The van der Waals surface area contributed by atoms with Crippen molar-refractivity contribution in [3.63, 3.8) is 0 Å². The molecule has 0 aliphatic rings. The Bertz CT molecular complexity index is 590. The lowest BCUT2D eigenvalue weighted by Gasteiger charge is -2.22. The molecule has 0 N–H and O–H groups in total. The van der Waals surface area contributed by atoms with Crippen LogP contribution in [0.5, 0.6) is 0 Å². The second kappa shape index (κ2) is 6.85. The molecule has 0 aliphatic heterocycles. The first-order valence-corrected chi connectivity index (χ1v) is 8.08. The topological polar surface area (TPSA) is 39.2 Å². The third-order valence-electron chi connectivity index (χ3n) is 3.47. The highest BCUT2D eigenvalue weighted by molar-refractivity contribution is 7.09. The summed E-state index contributed by atoms with van der Waals surface area (Å²) in [6.07, 6.45) is 1.03. The number of aromatic nitrogens is 1. The molecule has 1 aromatic carbocycles. The van der Waals surface area contributed by atoms with E-state index < -0.39 is 0 Å². The van der Waals surface area contributed by atoms with Crippen LogP contribution in [0.1, 0.15) is 43.5 Å². The molecular formula is C17H21NO2S. The predicted octanol–water partition coefficient (Wildman–Crippen LogP) is 3.96. The molecule has 2 rings (SSSR count). The van der Waals surface area contributed by atoms with Crippen LogP contribution in [0, 0.1) is 0 Å². The zero-order valence-corrected chi connectivity index (χ0v) is 13.6. The molecule has 0 unspecified atom stereocenters. The van der Waals surface area contributed by atoms with Crippen LogP contribution in [-0.2, 0) is 21.4 Å². The van der Waals surface area contributed by atoms with Gasteiger partial charge in [-0.25, -0.2) is 4.98 Å². The highest BCUT2D eigenvalue weighted by atomic mass is 32.1. The van der Waals surface area contributed by atoms with Gasteiger partial charge in [0.15, 0.2) is 0 Å². The van der Waals surface area contributed by atoms with E-state index in [4.69, 9.17) is 9.72 Å². The van der Waals surface area contributed by atoms with Gasteiger partial charge >= 0.3 is 5.97 Å². The summed E-state index contributed by atoms with van der Waals surface area (Å²) in [5, 5.41) is 3.12. The van der Waals surface area contributed by atoms with Crippen molar-refractivity contribution >= 4 is 17.3 Å². The second-order valence-electron chi connectivity index (χ2n) is 5.44. The Morgan fingerprint density at radius 2 is 2.00 bits per heavy atom. The fourth-order valence-corrected chi connectivity index (χ4v) is 3.15. The van der Waals surface area contributed by atoms with Gasteiger partial charge in [-0.3, -0.25) is 4.79 Å². The Balaban J connectivity index is 2.07. The fraction of sp³-hybridized carbons (Fsp3) is 0.412. The summed E-state index contributed by atoms with van der Waals surface area (Å²) >= 11 is 1.65. The van der Waals surface area contributed by atoms with Gasteiger partial charge in [0.1, 0.15) is 5.01 Å². The molecule has 4 heteroatoms. The molecule has 2 aromatic rings. The summed E-state index contributed by atoms with van der Waals surface area (Å²) in [6.45, 7) is 6.61. The van der Waals surface area contributed by atoms with Crippen LogP contribution >= 0.6 is 11.3 Å². The molecule has 0 saturated carbocycles. The van der Waals surface area contributed by atoms with Gasteiger partial charge in [0.05, 0.1) is 18.7 Å². The Morgan fingerprint density at radius 3 is 2.67 bits per heavy atom. The number of nitrogens with zero attached hydrogens (tertiary/aromatic N) is 1. The fourth-order valence-electron chi connectivity index (χ4n) is 2.15. The predicted molar refractivity (Wildman–Crippen MR) is 85.6 cm³/mol. The first-order chi connectivity index (χ1) is 10.0. The van der Waals surface area contributed by atoms with Gasteiger partial charge in [0, 0.05) is 17.2 Å². The monoisotopic (exact) mass is 303 g/mol. The van der Waals surface area contributed by atoms with Crippen molar-refractivity contribution in [2.75, 3.05) is 6.61 Å². The number of rotatable bonds is 6. The van der Waals surface area contributed by atoms with Crippen molar-refractivity contribution in [3.8, 4) is 0 Å².